The van der Waals surface area contributed by atoms with Gasteiger partial charge in [0.25, 0.3) is 5.91 Å². The van der Waals surface area contributed by atoms with Gasteiger partial charge in [-0.3, -0.25) is 4.79 Å². The summed E-state index contributed by atoms with van der Waals surface area (Å²) in [5, 5.41) is 0. The molecule has 128 valence electrons. The molecule has 5 nitrogen and oxygen atoms in total. The van der Waals surface area contributed by atoms with Crippen molar-refractivity contribution in [2.45, 2.75) is 25.2 Å². The third-order valence-corrected chi connectivity index (χ3v) is 3.95. The van der Waals surface area contributed by atoms with Crippen LogP contribution in [0.3, 0.4) is 0 Å². The number of para-hydroxylation sites is 1. The Hall–Kier alpha value is -2.35. The SMILES string of the molecule is C[C@@H]1OCCN(C(=O)c2cn(-c3ccccc3)cn2)[C@@H]1C(F)(F)F. The summed E-state index contributed by atoms with van der Waals surface area (Å²) < 4.78 is 46.5. The summed E-state index contributed by atoms with van der Waals surface area (Å²) in [6.07, 6.45) is -2.82. The van der Waals surface area contributed by atoms with E-state index in [0.29, 0.717) is 0 Å². The number of halogens is 3. The zero-order valence-electron chi connectivity index (χ0n) is 12.9. The predicted molar refractivity (Wildman–Crippen MR) is 79.9 cm³/mol. The molecule has 0 unspecified atom stereocenters. The molecule has 1 amide bonds. The van der Waals surface area contributed by atoms with Gasteiger partial charge in [0, 0.05) is 18.4 Å². The quantitative estimate of drug-likeness (QED) is 0.845. The van der Waals surface area contributed by atoms with Crippen molar-refractivity contribution < 1.29 is 22.7 Å². The van der Waals surface area contributed by atoms with Crippen LogP contribution in [0.4, 0.5) is 13.2 Å². The number of hydrogen-bond acceptors (Lipinski definition) is 3. The normalized spacial score (nSPS) is 21.8. The van der Waals surface area contributed by atoms with Crippen LogP contribution in [-0.2, 0) is 4.74 Å². The van der Waals surface area contributed by atoms with Crippen molar-refractivity contribution in [2.24, 2.45) is 0 Å². The van der Waals surface area contributed by atoms with E-state index in [4.69, 9.17) is 4.74 Å². The molecule has 8 heteroatoms. The topological polar surface area (TPSA) is 47.4 Å². The number of aromatic nitrogens is 2. The van der Waals surface area contributed by atoms with Crippen molar-refractivity contribution in [1.82, 2.24) is 14.5 Å². The monoisotopic (exact) mass is 339 g/mol. The number of carbonyl (C=O) groups excluding carboxylic acids is 1. The maximum absolute atomic E-state index is 13.3. The van der Waals surface area contributed by atoms with Crippen LogP contribution in [0.15, 0.2) is 42.9 Å². The zero-order chi connectivity index (χ0) is 17.3. The fraction of sp³-hybridized carbons (Fsp3) is 0.375. The van der Waals surface area contributed by atoms with Crippen molar-refractivity contribution in [3.63, 3.8) is 0 Å². The summed E-state index contributed by atoms with van der Waals surface area (Å²) in [6.45, 7) is 1.27. The number of amides is 1. The van der Waals surface area contributed by atoms with Gasteiger partial charge in [-0.2, -0.15) is 13.2 Å². The van der Waals surface area contributed by atoms with E-state index in [0.717, 1.165) is 10.6 Å². The second-order valence-corrected chi connectivity index (χ2v) is 5.56. The minimum atomic E-state index is -4.56. The van der Waals surface area contributed by atoms with Gasteiger partial charge in [0.05, 0.1) is 12.7 Å². The highest BCUT2D eigenvalue weighted by atomic mass is 19.4. The number of alkyl halides is 3. The average Bonchev–Trinajstić information content (AvgIpc) is 3.03. The molecule has 0 bridgehead atoms. The van der Waals surface area contributed by atoms with Crippen LogP contribution < -0.4 is 0 Å². The Morgan fingerprint density at radius 2 is 2.00 bits per heavy atom. The van der Waals surface area contributed by atoms with E-state index in [1.807, 2.05) is 30.3 Å². The van der Waals surface area contributed by atoms with Crippen molar-refractivity contribution in [3.05, 3.63) is 48.5 Å². The molecule has 0 N–H and O–H groups in total. The first-order valence-corrected chi connectivity index (χ1v) is 7.46. The Balaban J connectivity index is 1.87. The number of morpholine rings is 1. The smallest absolute Gasteiger partial charge is 0.374 e. The molecule has 0 saturated carbocycles. The summed E-state index contributed by atoms with van der Waals surface area (Å²) in [4.78, 5) is 17.3. The van der Waals surface area contributed by atoms with Crippen molar-refractivity contribution in [3.8, 4) is 5.69 Å². The van der Waals surface area contributed by atoms with E-state index in [1.165, 1.54) is 19.4 Å². The Kier molecular flexibility index (Phi) is 4.31. The van der Waals surface area contributed by atoms with E-state index >= 15 is 0 Å². The molecule has 1 aliphatic rings. The largest absolute Gasteiger partial charge is 0.411 e. The van der Waals surface area contributed by atoms with Gasteiger partial charge in [-0.15, -0.1) is 0 Å². The number of imidazole rings is 1. The first-order valence-electron chi connectivity index (χ1n) is 7.46. The molecular weight excluding hydrogens is 323 g/mol. The van der Waals surface area contributed by atoms with Crippen LogP contribution in [0.5, 0.6) is 0 Å². The van der Waals surface area contributed by atoms with E-state index in [1.54, 1.807) is 4.57 Å². The molecule has 1 aliphatic heterocycles. The van der Waals surface area contributed by atoms with Crippen LogP contribution in [0.25, 0.3) is 5.69 Å². The first kappa shape index (κ1) is 16.5. The number of benzene rings is 1. The van der Waals surface area contributed by atoms with E-state index in [9.17, 15) is 18.0 Å². The highest BCUT2D eigenvalue weighted by molar-refractivity contribution is 5.92. The third kappa shape index (κ3) is 3.14. The molecule has 1 fully saturated rings. The summed E-state index contributed by atoms with van der Waals surface area (Å²) in [7, 11) is 0. The summed E-state index contributed by atoms with van der Waals surface area (Å²) in [5.41, 5.74) is 0.744. The molecule has 2 aromatic rings. The summed E-state index contributed by atoms with van der Waals surface area (Å²) in [5.74, 6) is -0.748. The number of hydrogen-bond donors (Lipinski definition) is 0. The van der Waals surface area contributed by atoms with Crippen LogP contribution in [0.1, 0.15) is 17.4 Å². The lowest BCUT2D eigenvalue weighted by atomic mass is 10.1. The fourth-order valence-electron chi connectivity index (χ4n) is 2.81. The molecule has 1 aromatic heterocycles. The van der Waals surface area contributed by atoms with Crippen LogP contribution >= 0.6 is 0 Å². The molecule has 1 saturated heterocycles. The molecule has 24 heavy (non-hydrogen) atoms. The molecule has 2 heterocycles. The molecular formula is C16H16F3N3O2. The highest BCUT2D eigenvalue weighted by Crippen LogP contribution is 2.31. The minimum Gasteiger partial charge on any atom is -0.374 e. The predicted octanol–water partition coefficient (Wildman–Crippen LogP) is 2.66. The highest BCUT2D eigenvalue weighted by Gasteiger charge is 2.51. The molecule has 2 atom stereocenters. The van der Waals surface area contributed by atoms with Gasteiger partial charge in [-0.1, -0.05) is 18.2 Å². The number of carbonyl (C=O) groups is 1. The van der Waals surface area contributed by atoms with Crippen molar-refractivity contribution >= 4 is 5.91 Å². The second-order valence-electron chi connectivity index (χ2n) is 5.56. The first-order chi connectivity index (χ1) is 11.4. The standard InChI is InChI=1S/C16H16F3N3O2/c1-11-14(16(17,18)19)22(7-8-24-11)15(23)13-9-21(10-20-13)12-5-3-2-4-6-12/h2-6,9-11,14H,7-8H2,1H3/t11-,14-/m0/s1. The van der Waals surface area contributed by atoms with Crippen molar-refractivity contribution in [2.75, 3.05) is 13.2 Å². The number of rotatable bonds is 2. The maximum atomic E-state index is 13.3. The Morgan fingerprint density at radius 3 is 2.67 bits per heavy atom. The molecule has 3 rings (SSSR count). The van der Waals surface area contributed by atoms with Gasteiger partial charge >= 0.3 is 6.18 Å². The van der Waals surface area contributed by atoms with E-state index in [2.05, 4.69) is 4.98 Å². The van der Waals surface area contributed by atoms with Gasteiger partial charge in [-0.05, 0) is 19.1 Å². The number of ether oxygens (including phenoxy) is 1. The van der Waals surface area contributed by atoms with Gasteiger partial charge in [0.1, 0.15) is 12.0 Å². The fourth-order valence-corrected chi connectivity index (χ4v) is 2.81. The minimum absolute atomic E-state index is 0.0257. The van der Waals surface area contributed by atoms with Crippen LogP contribution in [-0.4, -0.2) is 51.8 Å². The zero-order valence-corrected chi connectivity index (χ0v) is 12.9. The van der Waals surface area contributed by atoms with Gasteiger partial charge in [-0.25, -0.2) is 4.98 Å². The Morgan fingerprint density at radius 1 is 1.29 bits per heavy atom. The van der Waals surface area contributed by atoms with Crippen LogP contribution in [0.2, 0.25) is 0 Å². The van der Waals surface area contributed by atoms with Crippen LogP contribution in [0, 0.1) is 0 Å². The van der Waals surface area contributed by atoms with Gasteiger partial charge in [0.15, 0.2) is 6.04 Å². The van der Waals surface area contributed by atoms with E-state index < -0.39 is 24.2 Å². The van der Waals surface area contributed by atoms with E-state index in [-0.39, 0.29) is 18.8 Å². The van der Waals surface area contributed by atoms with Crippen molar-refractivity contribution in [1.29, 1.82) is 0 Å². The summed E-state index contributed by atoms with van der Waals surface area (Å²) in [6, 6.07) is 7.13. The Labute approximate surface area is 136 Å². The van der Waals surface area contributed by atoms with Gasteiger partial charge in [0.2, 0.25) is 0 Å². The molecule has 0 aliphatic carbocycles. The lowest BCUT2D eigenvalue weighted by molar-refractivity contribution is -0.220. The lowest BCUT2D eigenvalue weighted by Gasteiger charge is -2.40. The molecule has 0 spiro atoms. The molecule has 0 radical (unpaired) electrons. The number of nitrogens with zero attached hydrogens (tertiary/aromatic N) is 3. The second kappa shape index (κ2) is 6.27. The third-order valence-electron chi connectivity index (χ3n) is 3.95. The van der Waals surface area contributed by atoms with Gasteiger partial charge < -0.3 is 14.2 Å². The average molecular weight is 339 g/mol. The summed E-state index contributed by atoms with van der Waals surface area (Å²) >= 11 is 0. The Bertz CT molecular complexity index is 715. The molecule has 1 aromatic carbocycles. The maximum Gasteiger partial charge on any atom is 0.411 e. The lowest BCUT2D eigenvalue weighted by Crippen LogP contribution is -2.59.